The summed E-state index contributed by atoms with van der Waals surface area (Å²) in [4.78, 5) is 8.30. The van der Waals surface area contributed by atoms with Crippen molar-refractivity contribution in [1.29, 1.82) is 0 Å². The molecule has 0 aliphatic rings. The first-order chi connectivity index (χ1) is 8.88. The highest BCUT2D eigenvalue weighted by Gasteiger charge is 1.96. The van der Waals surface area contributed by atoms with Gasteiger partial charge in [0, 0.05) is 24.6 Å². The van der Waals surface area contributed by atoms with Crippen molar-refractivity contribution in [2.45, 2.75) is 6.54 Å². The maximum atomic E-state index is 5.42. The van der Waals surface area contributed by atoms with Crippen molar-refractivity contribution in [2.24, 2.45) is 10.8 Å². The van der Waals surface area contributed by atoms with E-state index in [1.54, 1.807) is 12.5 Å². The van der Waals surface area contributed by atoms with Crippen LogP contribution in [-0.4, -0.2) is 22.1 Å². The summed E-state index contributed by atoms with van der Waals surface area (Å²) in [5.41, 5.74) is 3.49. The Hall–Kier alpha value is -2.34. The fraction of sp³-hybridized carbons (Fsp3) is 0.167. The van der Waals surface area contributed by atoms with E-state index in [2.05, 4.69) is 20.7 Å². The Morgan fingerprint density at radius 3 is 2.83 bits per heavy atom. The number of rotatable bonds is 4. The van der Waals surface area contributed by atoms with Crippen LogP contribution in [0.5, 0.6) is 0 Å². The van der Waals surface area contributed by atoms with Crippen LogP contribution in [0, 0.1) is 0 Å². The smallest absolute Gasteiger partial charge is 0.210 e. The van der Waals surface area contributed by atoms with Crippen LogP contribution >= 0.6 is 0 Å². The second kappa shape index (κ2) is 6.41. The summed E-state index contributed by atoms with van der Waals surface area (Å²) in [6.07, 6.45) is 5.40. The van der Waals surface area contributed by atoms with E-state index in [1.165, 1.54) is 0 Å². The molecule has 2 rings (SSSR count). The van der Waals surface area contributed by atoms with Crippen molar-refractivity contribution in [2.75, 3.05) is 11.9 Å². The van der Waals surface area contributed by atoms with Crippen molar-refractivity contribution >= 4 is 11.6 Å². The zero-order valence-electron chi connectivity index (χ0n) is 9.95. The summed E-state index contributed by atoms with van der Waals surface area (Å²) in [5, 5.41) is 3.10. The molecule has 6 nitrogen and oxygen atoms in total. The normalized spacial score (nSPS) is 11.3. The number of benzene rings is 1. The molecule has 0 aliphatic carbocycles. The Morgan fingerprint density at radius 1 is 1.33 bits per heavy atom. The lowest BCUT2D eigenvalue weighted by atomic mass is 10.3. The van der Waals surface area contributed by atoms with Crippen LogP contribution in [0.3, 0.4) is 0 Å². The molecular formula is C12H16N6. The molecule has 2 aromatic rings. The van der Waals surface area contributed by atoms with Crippen LogP contribution < -0.4 is 16.6 Å². The van der Waals surface area contributed by atoms with E-state index < -0.39 is 0 Å². The molecule has 1 aromatic carbocycles. The lowest BCUT2D eigenvalue weighted by molar-refractivity contribution is 0.706. The third kappa shape index (κ3) is 3.60. The Kier molecular flexibility index (Phi) is 4.32. The van der Waals surface area contributed by atoms with Gasteiger partial charge in [-0.05, 0) is 12.1 Å². The van der Waals surface area contributed by atoms with Gasteiger partial charge in [0.1, 0.15) is 0 Å². The molecular weight excluding hydrogens is 228 g/mol. The largest absolute Gasteiger partial charge is 0.336 e. The maximum Gasteiger partial charge on any atom is 0.210 e. The summed E-state index contributed by atoms with van der Waals surface area (Å²) in [7, 11) is 0. The van der Waals surface area contributed by atoms with Crippen LogP contribution in [0.4, 0.5) is 5.69 Å². The van der Waals surface area contributed by atoms with E-state index in [9.17, 15) is 0 Å². The number of hydrogen-bond acceptors (Lipinski definition) is 3. The highest BCUT2D eigenvalue weighted by molar-refractivity contribution is 5.93. The second-order valence-electron chi connectivity index (χ2n) is 3.67. The van der Waals surface area contributed by atoms with Gasteiger partial charge in [-0.3, -0.25) is 10.4 Å². The van der Waals surface area contributed by atoms with E-state index in [-0.39, 0.29) is 0 Å². The molecule has 0 saturated carbocycles. The number of hydrazine groups is 1. The lowest BCUT2D eigenvalue weighted by Crippen LogP contribution is -2.36. The average Bonchev–Trinajstić information content (AvgIpc) is 2.92. The molecule has 0 saturated heterocycles. The van der Waals surface area contributed by atoms with Crippen LogP contribution in [0.2, 0.25) is 0 Å². The lowest BCUT2D eigenvalue weighted by Gasteiger charge is -2.09. The standard InChI is InChI=1S/C12H16N6/c13-17-12(16-11-4-2-1-3-5-11)15-7-9-18-8-6-14-10-18/h1-6,8,10H,7,9,13H2,(H2,15,16,17). The Morgan fingerprint density at radius 2 is 2.17 bits per heavy atom. The van der Waals surface area contributed by atoms with Gasteiger partial charge in [0.15, 0.2) is 0 Å². The van der Waals surface area contributed by atoms with Crippen molar-refractivity contribution in [1.82, 2.24) is 15.0 Å². The monoisotopic (exact) mass is 244 g/mol. The van der Waals surface area contributed by atoms with Crippen molar-refractivity contribution in [3.63, 3.8) is 0 Å². The Labute approximate surface area is 106 Å². The molecule has 0 bridgehead atoms. The second-order valence-corrected chi connectivity index (χ2v) is 3.67. The van der Waals surface area contributed by atoms with E-state index in [0.29, 0.717) is 12.5 Å². The van der Waals surface area contributed by atoms with E-state index >= 15 is 0 Å². The number of para-hydroxylation sites is 1. The topological polar surface area (TPSA) is 80.3 Å². The Bertz CT molecular complexity index is 477. The Balaban J connectivity index is 1.88. The van der Waals surface area contributed by atoms with Gasteiger partial charge < -0.3 is 9.88 Å². The molecule has 0 amide bonds. The predicted molar refractivity (Wildman–Crippen MR) is 71.9 cm³/mol. The zero-order valence-corrected chi connectivity index (χ0v) is 9.95. The summed E-state index contributed by atoms with van der Waals surface area (Å²) in [6.45, 7) is 1.39. The molecule has 0 fully saturated rings. The first-order valence-electron chi connectivity index (χ1n) is 5.67. The van der Waals surface area contributed by atoms with E-state index in [1.807, 2.05) is 41.1 Å². The van der Waals surface area contributed by atoms with Gasteiger partial charge >= 0.3 is 0 Å². The van der Waals surface area contributed by atoms with Crippen molar-refractivity contribution < 1.29 is 0 Å². The minimum Gasteiger partial charge on any atom is -0.336 e. The minimum atomic E-state index is 0.543. The zero-order chi connectivity index (χ0) is 12.6. The quantitative estimate of drug-likeness (QED) is 0.322. The van der Waals surface area contributed by atoms with Crippen LogP contribution in [-0.2, 0) is 6.54 Å². The molecule has 0 aliphatic heterocycles. The fourth-order valence-electron chi connectivity index (χ4n) is 1.48. The number of guanidine groups is 1. The highest BCUT2D eigenvalue weighted by Crippen LogP contribution is 2.04. The third-order valence-electron chi connectivity index (χ3n) is 2.36. The molecule has 1 aromatic heterocycles. The number of nitrogens with one attached hydrogen (secondary N) is 2. The summed E-state index contributed by atoms with van der Waals surface area (Å²) < 4.78 is 1.96. The number of anilines is 1. The van der Waals surface area contributed by atoms with Gasteiger partial charge in [0.25, 0.3) is 0 Å². The van der Waals surface area contributed by atoms with Crippen LogP contribution in [0.1, 0.15) is 0 Å². The SMILES string of the molecule is NNC(=NCCn1ccnc1)Nc1ccccc1. The summed E-state index contributed by atoms with van der Waals surface area (Å²) in [5.74, 6) is 5.96. The van der Waals surface area contributed by atoms with Gasteiger partial charge in [-0.1, -0.05) is 18.2 Å². The van der Waals surface area contributed by atoms with Crippen LogP contribution in [0.25, 0.3) is 0 Å². The number of hydrogen-bond donors (Lipinski definition) is 3. The first kappa shape index (κ1) is 12.1. The minimum absolute atomic E-state index is 0.543. The molecule has 0 spiro atoms. The third-order valence-corrected chi connectivity index (χ3v) is 2.36. The van der Waals surface area contributed by atoms with E-state index in [0.717, 1.165) is 12.2 Å². The first-order valence-corrected chi connectivity index (χ1v) is 5.67. The van der Waals surface area contributed by atoms with Gasteiger partial charge in [0.2, 0.25) is 5.96 Å². The molecule has 0 atom stereocenters. The maximum absolute atomic E-state index is 5.42. The fourth-order valence-corrected chi connectivity index (χ4v) is 1.48. The summed E-state index contributed by atoms with van der Waals surface area (Å²) in [6, 6.07) is 9.74. The molecule has 0 unspecified atom stereocenters. The predicted octanol–water partition coefficient (Wildman–Crippen LogP) is 0.814. The number of imidazole rings is 1. The van der Waals surface area contributed by atoms with Crippen molar-refractivity contribution in [3.05, 3.63) is 49.1 Å². The van der Waals surface area contributed by atoms with Gasteiger partial charge in [-0.2, -0.15) is 0 Å². The van der Waals surface area contributed by atoms with Gasteiger partial charge in [0.05, 0.1) is 12.9 Å². The summed E-state index contributed by atoms with van der Waals surface area (Å²) >= 11 is 0. The number of nitrogens with zero attached hydrogens (tertiary/aromatic N) is 3. The van der Waals surface area contributed by atoms with Gasteiger partial charge in [-0.15, -0.1) is 0 Å². The molecule has 6 heteroatoms. The number of aromatic nitrogens is 2. The van der Waals surface area contributed by atoms with E-state index in [4.69, 9.17) is 5.84 Å². The average molecular weight is 244 g/mol. The number of nitrogens with two attached hydrogens (primary N) is 1. The molecule has 1 heterocycles. The van der Waals surface area contributed by atoms with Crippen molar-refractivity contribution in [3.8, 4) is 0 Å². The highest BCUT2D eigenvalue weighted by atomic mass is 15.3. The van der Waals surface area contributed by atoms with Crippen LogP contribution in [0.15, 0.2) is 54.0 Å². The molecule has 0 radical (unpaired) electrons. The van der Waals surface area contributed by atoms with Gasteiger partial charge in [-0.25, -0.2) is 10.8 Å². The molecule has 18 heavy (non-hydrogen) atoms. The molecule has 94 valence electrons. The number of aliphatic imine (C=N–C) groups is 1. The molecule has 4 N–H and O–H groups in total.